The first-order valence-electron chi connectivity index (χ1n) is 16.7. The highest BCUT2D eigenvalue weighted by Gasteiger charge is 2.10. The molecule has 0 saturated carbocycles. The van der Waals surface area contributed by atoms with E-state index >= 15 is 0 Å². The Balaban J connectivity index is 1.06. The molecule has 0 aliphatic heterocycles. The number of hydrogen-bond acceptors (Lipinski definition) is 1. The number of hydrogen-bond donors (Lipinski definition) is 1. The smallest absolute Gasteiger partial charge is 0.0384 e. The van der Waals surface area contributed by atoms with Crippen molar-refractivity contribution in [1.29, 1.82) is 0 Å². The molecule has 0 heterocycles. The van der Waals surface area contributed by atoms with Gasteiger partial charge < -0.3 is 5.32 Å². The fraction of sp³-hybridized carbons (Fsp3) is 0. The lowest BCUT2D eigenvalue weighted by Crippen LogP contribution is -1.91. The quantitative estimate of drug-likeness (QED) is 0.177. The summed E-state index contributed by atoms with van der Waals surface area (Å²) in [6.45, 7) is 0. The van der Waals surface area contributed by atoms with Crippen molar-refractivity contribution in [2.24, 2.45) is 0 Å². The maximum Gasteiger partial charge on any atom is 0.0384 e. The van der Waals surface area contributed by atoms with E-state index in [-0.39, 0.29) is 0 Å². The van der Waals surface area contributed by atoms with Gasteiger partial charge in [0.05, 0.1) is 0 Å². The average Bonchev–Trinajstić information content (AvgIpc) is 3.19. The van der Waals surface area contributed by atoms with E-state index in [0.717, 1.165) is 11.4 Å². The molecular formula is C48H35N. The molecule has 0 fully saturated rings. The molecule has 49 heavy (non-hydrogen) atoms. The lowest BCUT2D eigenvalue weighted by atomic mass is 9.93. The van der Waals surface area contributed by atoms with Gasteiger partial charge in [-0.2, -0.15) is 0 Å². The van der Waals surface area contributed by atoms with E-state index in [4.69, 9.17) is 0 Å². The molecule has 0 bridgehead atoms. The first-order chi connectivity index (χ1) is 24.2. The van der Waals surface area contributed by atoms with Crippen molar-refractivity contribution in [1.82, 2.24) is 0 Å². The summed E-state index contributed by atoms with van der Waals surface area (Å²) in [5.41, 5.74) is 16.6. The minimum atomic E-state index is 1.05. The molecule has 0 saturated heterocycles. The fourth-order valence-electron chi connectivity index (χ4n) is 6.44. The molecule has 232 valence electrons. The van der Waals surface area contributed by atoms with Crippen LogP contribution >= 0.6 is 0 Å². The molecule has 0 aliphatic carbocycles. The predicted octanol–water partition coefficient (Wildman–Crippen LogP) is 13.4. The molecule has 8 aromatic rings. The molecule has 0 aromatic heterocycles. The number of anilines is 2. The standard InChI is InChI=1S/C48H35N/c1-5-13-35(14-6-1)41-29-42(36-15-7-2-8-16-36)32-45(31-41)39-21-25-47(26-22-39)49-48-27-23-40(24-28-48)46-33-43(37-17-9-3-10-18-37)30-44(34-46)38-19-11-4-12-20-38/h1-34,49H. The van der Waals surface area contributed by atoms with Crippen molar-refractivity contribution in [3.63, 3.8) is 0 Å². The van der Waals surface area contributed by atoms with Crippen LogP contribution in [-0.4, -0.2) is 0 Å². The Morgan fingerprint density at radius 3 is 0.612 bits per heavy atom. The van der Waals surface area contributed by atoms with Gasteiger partial charge in [-0.3, -0.25) is 0 Å². The summed E-state index contributed by atoms with van der Waals surface area (Å²) < 4.78 is 0. The molecular weight excluding hydrogens is 591 g/mol. The number of nitrogens with one attached hydrogen (secondary N) is 1. The normalized spacial score (nSPS) is 10.9. The zero-order valence-corrected chi connectivity index (χ0v) is 27.1. The summed E-state index contributed by atoms with van der Waals surface area (Å²) >= 11 is 0. The summed E-state index contributed by atoms with van der Waals surface area (Å²) in [5, 5.41) is 3.61. The Morgan fingerprint density at radius 2 is 0.388 bits per heavy atom. The zero-order valence-electron chi connectivity index (χ0n) is 27.1. The Morgan fingerprint density at radius 1 is 0.184 bits per heavy atom. The van der Waals surface area contributed by atoms with E-state index < -0.39 is 0 Å². The highest BCUT2D eigenvalue weighted by atomic mass is 14.9. The maximum absolute atomic E-state index is 3.61. The minimum absolute atomic E-state index is 1.05. The molecule has 1 nitrogen and oxygen atoms in total. The molecule has 0 spiro atoms. The average molecular weight is 626 g/mol. The van der Waals surface area contributed by atoms with Gasteiger partial charge in [0.1, 0.15) is 0 Å². The molecule has 0 atom stereocenters. The third-order valence-electron chi connectivity index (χ3n) is 9.02. The van der Waals surface area contributed by atoms with E-state index in [2.05, 4.69) is 212 Å². The second kappa shape index (κ2) is 13.7. The molecule has 8 rings (SSSR count). The van der Waals surface area contributed by atoms with Gasteiger partial charge in [-0.25, -0.2) is 0 Å². The Hall–Kier alpha value is -6.44. The molecule has 0 radical (unpaired) electrons. The van der Waals surface area contributed by atoms with Crippen LogP contribution in [-0.2, 0) is 0 Å². The van der Waals surface area contributed by atoms with Crippen molar-refractivity contribution in [3.05, 3.63) is 206 Å². The summed E-state index contributed by atoms with van der Waals surface area (Å²) in [7, 11) is 0. The molecule has 0 amide bonds. The highest BCUT2D eigenvalue weighted by molar-refractivity contribution is 5.83. The van der Waals surface area contributed by atoms with Gasteiger partial charge in [0.2, 0.25) is 0 Å². The summed E-state index contributed by atoms with van der Waals surface area (Å²) in [4.78, 5) is 0. The third-order valence-corrected chi connectivity index (χ3v) is 9.02. The summed E-state index contributed by atoms with van der Waals surface area (Å²) in [6, 6.07) is 73.6. The van der Waals surface area contributed by atoms with Crippen LogP contribution in [0.25, 0.3) is 66.8 Å². The van der Waals surface area contributed by atoms with Crippen LogP contribution in [0, 0.1) is 0 Å². The van der Waals surface area contributed by atoms with E-state index in [1.807, 2.05) is 0 Å². The Bertz CT molecular complexity index is 2010. The first kappa shape index (κ1) is 29.9. The second-order valence-corrected chi connectivity index (χ2v) is 12.3. The van der Waals surface area contributed by atoms with Crippen molar-refractivity contribution in [3.8, 4) is 66.8 Å². The summed E-state index contributed by atoms with van der Waals surface area (Å²) in [6.07, 6.45) is 0. The van der Waals surface area contributed by atoms with Gasteiger partial charge in [-0.05, 0) is 127 Å². The van der Waals surface area contributed by atoms with Gasteiger partial charge in [0, 0.05) is 11.4 Å². The molecule has 1 heteroatoms. The molecule has 8 aromatic carbocycles. The van der Waals surface area contributed by atoms with Gasteiger partial charge in [0.15, 0.2) is 0 Å². The first-order valence-corrected chi connectivity index (χ1v) is 16.7. The largest absolute Gasteiger partial charge is 0.356 e. The maximum atomic E-state index is 3.61. The van der Waals surface area contributed by atoms with Gasteiger partial charge >= 0.3 is 0 Å². The van der Waals surface area contributed by atoms with E-state index in [9.17, 15) is 0 Å². The Kier molecular flexibility index (Phi) is 8.39. The van der Waals surface area contributed by atoms with Crippen molar-refractivity contribution < 1.29 is 0 Å². The van der Waals surface area contributed by atoms with Gasteiger partial charge in [0.25, 0.3) is 0 Å². The minimum Gasteiger partial charge on any atom is -0.356 e. The van der Waals surface area contributed by atoms with Crippen LogP contribution in [0.2, 0.25) is 0 Å². The molecule has 0 unspecified atom stereocenters. The van der Waals surface area contributed by atoms with Crippen LogP contribution in [0.1, 0.15) is 0 Å². The second-order valence-electron chi connectivity index (χ2n) is 12.3. The van der Waals surface area contributed by atoms with Crippen LogP contribution in [0.4, 0.5) is 11.4 Å². The lowest BCUT2D eigenvalue weighted by Gasteiger charge is -2.13. The van der Waals surface area contributed by atoms with Crippen LogP contribution in [0.3, 0.4) is 0 Å². The van der Waals surface area contributed by atoms with E-state index in [1.54, 1.807) is 0 Å². The number of benzene rings is 8. The van der Waals surface area contributed by atoms with E-state index in [1.165, 1.54) is 66.8 Å². The van der Waals surface area contributed by atoms with Crippen LogP contribution < -0.4 is 5.32 Å². The van der Waals surface area contributed by atoms with Crippen LogP contribution in [0.15, 0.2) is 206 Å². The van der Waals surface area contributed by atoms with E-state index in [0.29, 0.717) is 0 Å². The predicted molar refractivity (Wildman–Crippen MR) is 209 cm³/mol. The number of rotatable bonds is 8. The highest BCUT2D eigenvalue weighted by Crippen LogP contribution is 2.35. The fourth-order valence-corrected chi connectivity index (χ4v) is 6.44. The van der Waals surface area contributed by atoms with Crippen LogP contribution in [0.5, 0.6) is 0 Å². The van der Waals surface area contributed by atoms with Crippen molar-refractivity contribution >= 4 is 11.4 Å². The zero-order chi connectivity index (χ0) is 32.8. The van der Waals surface area contributed by atoms with Crippen molar-refractivity contribution in [2.75, 3.05) is 5.32 Å². The SMILES string of the molecule is c1ccc(-c2cc(-c3ccccc3)cc(-c3ccc(Nc4ccc(-c5cc(-c6ccccc6)cc(-c6ccccc6)c5)cc4)cc3)c2)cc1. The van der Waals surface area contributed by atoms with Gasteiger partial charge in [-0.1, -0.05) is 146 Å². The third kappa shape index (κ3) is 6.83. The Labute approximate surface area is 288 Å². The summed E-state index contributed by atoms with van der Waals surface area (Å²) in [5.74, 6) is 0. The van der Waals surface area contributed by atoms with Gasteiger partial charge in [-0.15, -0.1) is 0 Å². The monoisotopic (exact) mass is 625 g/mol. The van der Waals surface area contributed by atoms with Crippen molar-refractivity contribution in [2.45, 2.75) is 0 Å². The lowest BCUT2D eigenvalue weighted by molar-refractivity contribution is 1.52. The molecule has 1 N–H and O–H groups in total. The molecule has 0 aliphatic rings. The topological polar surface area (TPSA) is 12.0 Å².